The van der Waals surface area contributed by atoms with Gasteiger partial charge in [-0.2, -0.15) is 13.2 Å². The van der Waals surface area contributed by atoms with Crippen LogP contribution in [0.5, 0.6) is 0 Å². The zero-order chi connectivity index (χ0) is 13.1. The molecule has 6 heteroatoms. The van der Waals surface area contributed by atoms with Crippen molar-refractivity contribution in [2.45, 2.75) is 12.6 Å². The smallest absolute Gasteiger partial charge is 0.396 e. The van der Waals surface area contributed by atoms with E-state index in [4.69, 9.17) is 5.11 Å². The Morgan fingerprint density at radius 1 is 1.35 bits per heavy atom. The van der Waals surface area contributed by atoms with Crippen LogP contribution < -0.4 is 4.90 Å². The van der Waals surface area contributed by atoms with E-state index in [1.165, 1.54) is 17.0 Å². The van der Waals surface area contributed by atoms with Gasteiger partial charge >= 0.3 is 6.18 Å². The predicted octanol–water partition coefficient (Wildman–Crippen LogP) is 3.29. The Morgan fingerprint density at radius 2 is 2.00 bits per heavy atom. The molecule has 0 spiro atoms. The maximum Gasteiger partial charge on any atom is 0.418 e. The molecule has 0 unspecified atom stereocenters. The first-order valence-corrected chi connectivity index (χ1v) is 5.84. The van der Waals surface area contributed by atoms with Crippen molar-refractivity contribution in [2.24, 2.45) is 0 Å². The van der Waals surface area contributed by atoms with Gasteiger partial charge in [0.15, 0.2) is 0 Å². The second-order valence-corrected chi connectivity index (χ2v) is 4.57. The van der Waals surface area contributed by atoms with Crippen LogP contribution >= 0.6 is 15.9 Å². The summed E-state index contributed by atoms with van der Waals surface area (Å²) in [6.07, 6.45) is -3.94. The SMILES string of the molecule is CN(CCCO)c1cc(Br)ccc1C(F)(F)F. The van der Waals surface area contributed by atoms with E-state index < -0.39 is 11.7 Å². The molecule has 96 valence electrons. The minimum Gasteiger partial charge on any atom is -0.396 e. The van der Waals surface area contributed by atoms with Crippen LogP contribution in [0.15, 0.2) is 22.7 Å². The van der Waals surface area contributed by atoms with Crippen LogP contribution in [0.2, 0.25) is 0 Å². The molecule has 0 aromatic heterocycles. The summed E-state index contributed by atoms with van der Waals surface area (Å²) in [7, 11) is 1.58. The molecule has 0 aliphatic heterocycles. The normalized spacial score (nSPS) is 11.6. The Bertz CT molecular complexity index is 381. The zero-order valence-electron chi connectivity index (χ0n) is 9.26. The van der Waals surface area contributed by atoms with Gasteiger partial charge < -0.3 is 10.0 Å². The molecule has 0 fully saturated rings. The van der Waals surface area contributed by atoms with Crippen molar-refractivity contribution < 1.29 is 18.3 Å². The number of hydrogen-bond donors (Lipinski definition) is 1. The quantitative estimate of drug-likeness (QED) is 0.922. The lowest BCUT2D eigenvalue weighted by molar-refractivity contribution is -0.137. The molecule has 1 rings (SSSR count). The second-order valence-electron chi connectivity index (χ2n) is 3.66. The lowest BCUT2D eigenvalue weighted by Gasteiger charge is -2.23. The number of hydrogen-bond acceptors (Lipinski definition) is 2. The van der Waals surface area contributed by atoms with E-state index in [0.717, 1.165) is 6.07 Å². The average Bonchev–Trinajstić information content (AvgIpc) is 2.24. The van der Waals surface area contributed by atoms with Gasteiger partial charge in [-0.1, -0.05) is 15.9 Å². The fourth-order valence-corrected chi connectivity index (χ4v) is 1.84. The number of benzene rings is 1. The first-order chi connectivity index (χ1) is 7.86. The van der Waals surface area contributed by atoms with Crippen LogP contribution in [0.4, 0.5) is 18.9 Å². The van der Waals surface area contributed by atoms with Gasteiger partial charge in [0, 0.05) is 30.4 Å². The Morgan fingerprint density at radius 3 is 2.53 bits per heavy atom. The number of alkyl halides is 3. The molecule has 1 N–H and O–H groups in total. The maximum absolute atomic E-state index is 12.8. The Labute approximate surface area is 106 Å². The Balaban J connectivity index is 3.07. The Hall–Kier alpha value is -0.750. The van der Waals surface area contributed by atoms with E-state index in [1.54, 1.807) is 7.05 Å². The first-order valence-electron chi connectivity index (χ1n) is 5.05. The average molecular weight is 312 g/mol. The van der Waals surface area contributed by atoms with Crippen LogP contribution in [0, 0.1) is 0 Å². The number of anilines is 1. The summed E-state index contributed by atoms with van der Waals surface area (Å²) in [6.45, 7) is 0.329. The largest absolute Gasteiger partial charge is 0.418 e. The standard InChI is InChI=1S/C11H13BrF3NO/c1-16(5-2-6-17)10-7-8(12)3-4-9(10)11(13,14)15/h3-4,7,17H,2,5-6H2,1H3. The minimum atomic E-state index is -4.37. The van der Waals surface area contributed by atoms with Crippen molar-refractivity contribution in [3.8, 4) is 0 Å². The highest BCUT2D eigenvalue weighted by molar-refractivity contribution is 9.10. The fraction of sp³-hybridized carbons (Fsp3) is 0.455. The number of aliphatic hydroxyl groups excluding tert-OH is 1. The van der Waals surface area contributed by atoms with E-state index in [9.17, 15) is 13.2 Å². The lowest BCUT2D eigenvalue weighted by Crippen LogP contribution is -2.23. The van der Waals surface area contributed by atoms with E-state index in [1.807, 2.05) is 0 Å². The van der Waals surface area contributed by atoms with E-state index in [-0.39, 0.29) is 12.3 Å². The molecular formula is C11H13BrF3NO. The molecule has 1 aromatic carbocycles. The topological polar surface area (TPSA) is 23.5 Å². The molecular weight excluding hydrogens is 299 g/mol. The van der Waals surface area contributed by atoms with Crippen molar-refractivity contribution in [3.05, 3.63) is 28.2 Å². The molecule has 0 aliphatic carbocycles. The van der Waals surface area contributed by atoms with E-state index >= 15 is 0 Å². The van der Waals surface area contributed by atoms with Crippen LogP contribution in [0.25, 0.3) is 0 Å². The van der Waals surface area contributed by atoms with Crippen LogP contribution in [0.3, 0.4) is 0 Å². The molecule has 0 aliphatic rings. The summed E-state index contributed by atoms with van der Waals surface area (Å²) in [6, 6.07) is 3.85. The van der Waals surface area contributed by atoms with Crippen molar-refractivity contribution in [3.63, 3.8) is 0 Å². The van der Waals surface area contributed by atoms with E-state index in [0.29, 0.717) is 17.4 Å². The summed E-state index contributed by atoms with van der Waals surface area (Å²) in [4.78, 5) is 1.49. The van der Waals surface area contributed by atoms with Gasteiger partial charge in [-0.05, 0) is 24.6 Å². The van der Waals surface area contributed by atoms with Crippen LogP contribution in [0.1, 0.15) is 12.0 Å². The highest BCUT2D eigenvalue weighted by Gasteiger charge is 2.34. The molecule has 0 bridgehead atoms. The van der Waals surface area contributed by atoms with Gasteiger partial charge in [0.1, 0.15) is 0 Å². The first kappa shape index (κ1) is 14.3. The zero-order valence-corrected chi connectivity index (χ0v) is 10.8. The third kappa shape index (κ3) is 3.89. The summed E-state index contributed by atoms with van der Waals surface area (Å²) < 4.78 is 38.9. The van der Waals surface area contributed by atoms with Crippen molar-refractivity contribution in [1.82, 2.24) is 0 Å². The highest BCUT2D eigenvalue weighted by Crippen LogP contribution is 2.37. The third-order valence-corrected chi connectivity index (χ3v) is 2.82. The summed E-state index contributed by atoms with van der Waals surface area (Å²) in [5.41, 5.74) is -0.554. The van der Waals surface area contributed by atoms with Crippen molar-refractivity contribution in [1.29, 1.82) is 0 Å². The van der Waals surface area contributed by atoms with Gasteiger partial charge in [-0.3, -0.25) is 0 Å². The van der Waals surface area contributed by atoms with Crippen molar-refractivity contribution in [2.75, 3.05) is 25.1 Å². The fourth-order valence-electron chi connectivity index (χ4n) is 1.49. The predicted molar refractivity (Wildman–Crippen MR) is 64.1 cm³/mol. The van der Waals surface area contributed by atoms with Gasteiger partial charge in [0.05, 0.1) is 5.56 Å². The molecule has 0 radical (unpaired) electrons. The van der Waals surface area contributed by atoms with Gasteiger partial charge in [0.2, 0.25) is 0 Å². The highest BCUT2D eigenvalue weighted by atomic mass is 79.9. The molecule has 2 nitrogen and oxygen atoms in total. The minimum absolute atomic E-state index is 0.0420. The maximum atomic E-state index is 12.8. The summed E-state index contributed by atoms with van der Waals surface area (Å²) >= 11 is 3.16. The van der Waals surface area contributed by atoms with Crippen molar-refractivity contribution >= 4 is 21.6 Å². The molecule has 17 heavy (non-hydrogen) atoms. The van der Waals surface area contributed by atoms with E-state index in [2.05, 4.69) is 15.9 Å². The monoisotopic (exact) mass is 311 g/mol. The number of nitrogens with zero attached hydrogens (tertiary/aromatic N) is 1. The summed E-state index contributed by atoms with van der Waals surface area (Å²) in [5, 5.41) is 8.69. The summed E-state index contributed by atoms with van der Waals surface area (Å²) in [5.74, 6) is 0. The van der Waals surface area contributed by atoms with Gasteiger partial charge in [-0.15, -0.1) is 0 Å². The van der Waals surface area contributed by atoms with Gasteiger partial charge in [-0.25, -0.2) is 0 Å². The lowest BCUT2D eigenvalue weighted by atomic mass is 10.1. The molecule has 0 saturated carbocycles. The molecule has 1 aromatic rings. The molecule has 0 amide bonds. The van der Waals surface area contributed by atoms with Gasteiger partial charge in [0.25, 0.3) is 0 Å². The number of rotatable bonds is 4. The molecule has 0 atom stereocenters. The number of halogens is 4. The number of aliphatic hydroxyl groups is 1. The Kier molecular flexibility index (Phi) is 4.82. The molecule has 0 saturated heterocycles. The van der Waals surface area contributed by atoms with Crippen LogP contribution in [-0.2, 0) is 6.18 Å². The second kappa shape index (κ2) is 5.73. The third-order valence-electron chi connectivity index (χ3n) is 2.33. The molecule has 0 heterocycles. The van der Waals surface area contributed by atoms with Crippen LogP contribution in [-0.4, -0.2) is 25.3 Å².